The summed E-state index contributed by atoms with van der Waals surface area (Å²) in [6.45, 7) is -0.719. The summed E-state index contributed by atoms with van der Waals surface area (Å²) < 4.78 is 56.3. The van der Waals surface area contributed by atoms with Gasteiger partial charge in [-0.2, -0.15) is 13.2 Å². The number of amides is 2. The van der Waals surface area contributed by atoms with E-state index in [4.69, 9.17) is 5.73 Å². The number of alkyl halides is 4. The molecule has 9 nitrogen and oxygen atoms in total. The molecule has 0 spiro atoms. The highest BCUT2D eigenvalue weighted by molar-refractivity contribution is 9.10. The lowest BCUT2D eigenvalue weighted by Gasteiger charge is -2.24. The lowest BCUT2D eigenvalue weighted by Crippen LogP contribution is -2.44. The maximum atomic E-state index is 14.4. The van der Waals surface area contributed by atoms with Crippen LogP contribution in [0.1, 0.15) is 12.0 Å². The Hall–Kier alpha value is -3.81. The van der Waals surface area contributed by atoms with Crippen LogP contribution in [-0.4, -0.2) is 55.0 Å². The van der Waals surface area contributed by atoms with E-state index in [0.717, 1.165) is 23.4 Å². The number of nitrogens with two attached hydrogens (primary N) is 1. The number of likely N-dealkylation sites (tertiary alicyclic amines) is 1. The minimum atomic E-state index is -4.60. The smallest absolute Gasteiger partial charge is 0.383 e. The Labute approximate surface area is 214 Å². The van der Waals surface area contributed by atoms with Gasteiger partial charge in [-0.05, 0) is 46.3 Å². The third-order valence-corrected chi connectivity index (χ3v) is 6.57. The van der Waals surface area contributed by atoms with Gasteiger partial charge in [0.05, 0.1) is 23.0 Å². The molecule has 0 radical (unpaired) electrons. The van der Waals surface area contributed by atoms with Crippen molar-refractivity contribution in [2.75, 3.05) is 17.6 Å². The SMILES string of the molecule is Nc1ncnc2c1c1cc(C(F)(F)F)ccc1n2CC(=O)N1C[C@H](F)C[C@H]1C(=O)Nc1cccc(Br)n1. The second kappa shape index (κ2) is 9.25. The van der Waals surface area contributed by atoms with Gasteiger partial charge in [0.25, 0.3) is 0 Å². The summed E-state index contributed by atoms with van der Waals surface area (Å²) in [6, 6.07) is 6.80. The normalized spacial score (nSPS) is 18.0. The molecule has 14 heteroatoms. The van der Waals surface area contributed by atoms with Crippen molar-refractivity contribution < 1.29 is 27.2 Å². The van der Waals surface area contributed by atoms with Crippen LogP contribution in [0.15, 0.2) is 47.3 Å². The number of anilines is 2. The molecular formula is C23H18BrF4N7O2. The van der Waals surface area contributed by atoms with Crippen LogP contribution in [0, 0.1) is 0 Å². The fourth-order valence-corrected chi connectivity index (χ4v) is 4.84. The van der Waals surface area contributed by atoms with Crippen LogP contribution in [0.4, 0.5) is 29.2 Å². The Balaban J connectivity index is 1.48. The summed E-state index contributed by atoms with van der Waals surface area (Å²) in [7, 11) is 0. The Morgan fingerprint density at radius 2 is 1.97 bits per heavy atom. The second-order valence-electron chi connectivity index (χ2n) is 8.50. The summed E-state index contributed by atoms with van der Waals surface area (Å²) >= 11 is 3.20. The highest BCUT2D eigenvalue weighted by Crippen LogP contribution is 2.36. The number of nitrogens with zero attached hydrogens (tertiary/aromatic N) is 5. The van der Waals surface area contributed by atoms with Gasteiger partial charge in [0.15, 0.2) is 0 Å². The average molecular weight is 580 g/mol. The van der Waals surface area contributed by atoms with E-state index in [-0.39, 0.29) is 46.5 Å². The van der Waals surface area contributed by atoms with Crippen LogP contribution in [0.3, 0.4) is 0 Å². The van der Waals surface area contributed by atoms with Crippen LogP contribution < -0.4 is 11.1 Å². The first-order valence-corrected chi connectivity index (χ1v) is 11.8. The monoisotopic (exact) mass is 579 g/mol. The van der Waals surface area contributed by atoms with Gasteiger partial charge in [0, 0.05) is 11.8 Å². The number of carbonyl (C=O) groups is 2. The highest BCUT2D eigenvalue weighted by atomic mass is 79.9. The van der Waals surface area contributed by atoms with Crippen LogP contribution in [0.25, 0.3) is 21.9 Å². The van der Waals surface area contributed by atoms with Crippen molar-refractivity contribution in [2.45, 2.75) is 31.4 Å². The van der Waals surface area contributed by atoms with E-state index in [9.17, 15) is 27.2 Å². The third kappa shape index (κ3) is 4.68. The standard InChI is InChI=1S/C23H18BrF4N7O2/c24-16-2-1-3-17(32-16)33-22(37)15-7-12(25)8-34(15)18(36)9-35-14-5-4-11(23(26,27)28)6-13(14)19-20(29)30-10-31-21(19)35/h1-6,10,12,15H,7-9H2,(H2,29,30,31)(H,32,33,37)/t12-,15+/m1/s1. The molecule has 3 aromatic heterocycles. The maximum Gasteiger partial charge on any atom is 0.416 e. The summed E-state index contributed by atoms with van der Waals surface area (Å²) in [4.78, 5) is 39.5. The number of rotatable bonds is 4. The van der Waals surface area contributed by atoms with E-state index in [1.807, 2.05) is 0 Å². The molecule has 3 N–H and O–H groups in total. The van der Waals surface area contributed by atoms with Gasteiger partial charge in [-0.1, -0.05) is 6.07 Å². The lowest BCUT2D eigenvalue weighted by molar-refractivity contribution is -0.137. The summed E-state index contributed by atoms with van der Waals surface area (Å²) in [5.74, 6) is -1.05. The van der Waals surface area contributed by atoms with Crippen LogP contribution >= 0.6 is 15.9 Å². The van der Waals surface area contributed by atoms with Gasteiger partial charge in [-0.15, -0.1) is 0 Å². The van der Waals surface area contributed by atoms with Crippen molar-refractivity contribution in [1.29, 1.82) is 0 Å². The minimum Gasteiger partial charge on any atom is -0.383 e. The molecule has 0 aliphatic carbocycles. The van der Waals surface area contributed by atoms with Gasteiger partial charge < -0.3 is 20.5 Å². The fraction of sp³-hybridized carbons (Fsp3) is 0.261. The molecule has 4 aromatic rings. The van der Waals surface area contributed by atoms with E-state index in [1.54, 1.807) is 18.2 Å². The zero-order chi connectivity index (χ0) is 26.5. The average Bonchev–Trinajstić information content (AvgIpc) is 3.37. The van der Waals surface area contributed by atoms with Gasteiger partial charge in [0.1, 0.15) is 47.0 Å². The summed E-state index contributed by atoms with van der Waals surface area (Å²) in [5.41, 5.74) is 5.47. The van der Waals surface area contributed by atoms with E-state index in [1.165, 1.54) is 10.6 Å². The largest absolute Gasteiger partial charge is 0.416 e. The molecule has 0 unspecified atom stereocenters. The first-order valence-electron chi connectivity index (χ1n) is 11.0. The van der Waals surface area contributed by atoms with Crippen molar-refractivity contribution >= 4 is 61.3 Å². The predicted octanol–water partition coefficient (Wildman–Crippen LogP) is 3.92. The number of nitrogen functional groups attached to an aromatic ring is 1. The van der Waals surface area contributed by atoms with Gasteiger partial charge in [-0.25, -0.2) is 19.3 Å². The molecule has 37 heavy (non-hydrogen) atoms. The van der Waals surface area contributed by atoms with Crippen LogP contribution in [0.2, 0.25) is 0 Å². The number of hydrogen-bond donors (Lipinski definition) is 2. The van der Waals surface area contributed by atoms with Gasteiger partial charge >= 0.3 is 6.18 Å². The molecular weight excluding hydrogens is 562 g/mol. The molecule has 1 aliphatic rings. The molecule has 0 bridgehead atoms. The number of aromatic nitrogens is 4. The van der Waals surface area contributed by atoms with Crippen molar-refractivity contribution in [3.05, 3.63) is 52.9 Å². The first-order chi connectivity index (χ1) is 17.5. The van der Waals surface area contributed by atoms with Gasteiger partial charge in [0.2, 0.25) is 11.8 Å². The fourth-order valence-electron chi connectivity index (χ4n) is 4.50. The maximum absolute atomic E-state index is 14.4. The van der Waals surface area contributed by atoms with Crippen molar-refractivity contribution in [1.82, 2.24) is 24.4 Å². The Bertz CT molecular complexity index is 1540. The number of fused-ring (bicyclic) bond motifs is 3. The molecule has 2 amide bonds. The number of nitrogens with one attached hydrogen (secondary N) is 1. The van der Waals surface area contributed by atoms with Crippen molar-refractivity contribution in [2.24, 2.45) is 0 Å². The van der Waals surface area contributed by atoms with Crippen molar-refractivity contribution in [3.63, 3.8) is 0 Å². The topological polar surface area (TPSA) is 119 Å². The molecule has 5 rings (SSSR count). The molecule has 1 fully saturated rings. The third-order valence-electron chi connectivity index (χ3n) is 6.13. The molecule has 0 saturated carbocycles. The van der Waals surface area contributed by atoms with Gasteiger partial charge in [-0.3, -0.25) is 9.59 Å². The molecule has 1 aliphatic heterocycles. The zero-order valence-electron chi connectivity index (χ0n) is 18.8. The lowest BCUT2D eigenvalue weighted by atomic mass is 10.1. The Kier molecular flexibility index (Phi) is 6.22. The zero-order valence-corrected chi connectivity index (χ0v) is 20.4. The Morgan fingerprint density at radius 1 is 1.19 bits per heavy atom. The Morgan fingerprint density at radius 3 is 2.70 bits per heavy atom. The van der Waals surface area contributed by atoms with E-state index in [0.29, 0.717) is 4.60 Å². The van der Waals surface area contributed by atoms with Crippen molar-refractivity contribution in [3.8, 4) is 0 Å². The van der Waals surface area contributed by atoms with Crippen LogP contribution in [-0.2, 0) is 22.3 Å². The number of halogens is 5. The second-order valence-corrected chi connectivity index (χ2v) is 9.32. The number of pyridine rings is 1. The predicted molar refractivity (Wildman–Crippen MR) is 130 cm³/mol. The van der Waals surface area contributed by atoms with Crippen LogP contribution in [0.5, 0.6) is 0 Å². The summed E-state index contributed by atoms with van der Waals surface area (Å²) in [6.07, 6.45) is -5.10. The first kappa shape index (κ1) is 24.9. The molecule has 4 heterocycles. The summed E-state index contributed by atoms with van der Waals surface area (Å²) in [5, 5.41) is 2.87. The van der Waals surface area contributed by atoms with E-state index >= 15 is 0 Å². The highest BCUT2D eigenvalue weighted by Gasteiger charge is 2.40. The minimum absolute atomic E-state index is 0.0516. The number of carbonyl (C=O) groups excluding carboxylic acids is 2. The van der Waals surface area contributed by atoms with E-state index in [2.05, 4.69) is 36.2 Å². The quantitative estimate of drug-likeness (QED) is 0.279. The molecule has 1 saturated heterocycles. The molecule has 1 aromatic carbocycles. The molecule has 192 valence electrons. The molecule has 2 atom stereocenters. The number of benzene rings is 1. The van der Waals surface area contributed by atoms with E-state index < -0.39 is 42.3 Å². The number of hydrogen-bond acceptors (Lipinski definition) is 6.